The van der Waals surface area contributed by atoms with E-state index in [1.807, 2.05) is 6.07 Å². The minimum absolute atomic E-state index is 0.144. The highest BCUT2D eigenvalue weighted by Crippen LogP contribution is 2.33. The van der Waals surface area contributed by atoms with E-state index in [1.54, 1.807) is 11.4 Å². The average molecular weight is 341 g/mol. The molecule has 2 aromatic heterocycles. The lowest BCUT2D eigenvalue weighted by Gasteiger charge is -2.05. The number of hydrogen-bond acceptors (Lipinski definition) is 8. The number of fused-ring (bicyclic) bond motifs is 1. The van der Waals surface area contributed by atoms with Crippen LogP contribution in [0.3, 0.4) is 0 Å². The first-order valence-corrected chi connectivity index (χ1v) is 7.85. The van der Waals surface area contributed by atoms with Crippen LogP contribution in [0.5, 0.6) is 0 Å². The molecule has 0 amide bonds. The Bertz CT molecular complexity index is 802. The molecule has 3 aromatic rings. The van der Waals surface area contributed by atoms with Gasteiger partial charge in [-0.25, -0.2) is 4.98 Å². The molecule has 1 aromatic carbocycles. The van der Waals surface area contributed by atoms with Gasteiger partial charge in [-0.05, 0) is 12.1 Å². The summed E-state index contributed by atoms with van der Waals surface area (Å²) in [6, 6.07) is 3.58. The minimum atomic E-state index is -0.323. The van der Waals surface area contributed by atoms with Crippen LogP contribution >= 0.6 is 34.7 Å². The third-order valence-electron chi connectivity index (χ3n) is 2.71. The first-order valence-electron chi connectivity index (χ1n) is 5.86. The Morgan fingerprint density at radius 3 is 3.10 bits per heavy atom. The van der Waals surface area contributed by atoms with Crippen LogP contribution < -0.4 is 5.32 Å². The lowest BCUT2D eigenvalue weighted by atomic mass is 10.2. The summed E-state index contributed by atoms with van der Waals surface area (Å²) in [5, 5.41) is 6.12. The van der Waals surface area contributed by atoms with Crippen molar-refractivity contribution in [3.63, 3.8) is 0 Å². The van der Waals surface area contributed by atoms with Crippen LogP contribution in [0.2, 0.25) is 5.02 Å². The highest BCUT2D eigenvalue weighted by Gasteiger charge is 2.13. The fraction of sp³-hybridized carbons (Fsp3) is 0.167. The van der Waals surface area contributed by atoms with Gasteiger partial charge in [-0.3, -0.25) is 4.79 Å². The Balaban J connectivity index is 1.87. The molecule has 6 nitrogen and oxygen atoms in total. The summed E-state index contributed by atoms with van der Waals surface area (Å²) < 4.78 is 13.0. The Hall–Kier alpha value is -1.77. The number of esters is 1. The zero-order chi connectivity index (χ0) is 14.8. The topological polar surface area (TPSA) is 77.0 Å². The molecule has 2 heterocycles. The van der Waals surface area contributed by atoms with Crippen molar-refractivity contribution in [3.05, 3.63) is 28.2 Å². The van der Waals surface area contributed by atoms with E-state index in [1.165, 1.54) is 18.4 Å². The molecule has 21 heavy (non-hydrogen) atoms. The molecule has 0 aliphatic carbocycles. The van der Waals surface area contributed by atoms with Gasteiger partial charge in [0, 0.05) is 5.38 Å². The fourth-order valence-corrected chi connectivity index (χ4v) is 3.18. The number of carbonyl (C=O) groups excluding carboxylic acids is 1. The van der Waals surface area contributed by atoms with Crippen molar-refractivity contribution >= 4 is 62.5 Å². The van der Waals surface area contributed by atoms with E-state index in [9.17, 15) is 4.79 Å². The molecule has 0 radical (unpaired) electrons. The van der Waals surface area contributed by atoms with E-state index in [0.717, 1.165) is 17.2 Å². The number of thiazole rings is 1. The average Bonchev–Trinajstić information content (AvgIpc) is 3.11. The van der Waals surface area contributed by atoms with Crippen LogP contribution in [0.4, 0.5) is 10.8 Å². The molecule has 0 saturated carbocycles. The predicted octanol–water partition coefficient (Wildman–Crippen LogP) is 3.26. The molecule has 0 spiro atoms. The number of nitrogens with zero attached hydrogens (tertiary/aromatic N) is 3. The summed E-state index contributed by atoms with van der Waals surface area (Å²) in [4.78, 5) is 15.6. The van der Waals surface area contributed by atoms with Crippen LogP contribution in [-0.2, 0) is 16.0 Å². The van der Waals surface area contributed by atoms with E-state index in [-0.39, 0.29) is 12.4 Å². The molecule has 0 fully saturated rings. The third kappa shape index (κ3) is 2.97. The highest BCUT2D eigenvalue weighted by atomic mass is 35.5. The third-order valence-corrected chi connectivity index (χ3v) is 4.38. The van der Waals surface area contributed by atoms with Crippen molar-refractivity contribution in [1.29, 1.82) is 0 Å². The highest BCUT2D eigenvalue weighted by molar-refractivity contribution is 7.13. The molecule has 108 valence electrons. The summed E-state index contributed by atoms with van der Waals surface area (Å²) >= 11 is 8.71. The maximum atomic E-state index is 11.2. The number of rotatable bonds is 4. The van der Waals surface area contributed by atoms with Gasteiger partial charge in [0.1, 0.15) is 11.0 Å². The second-order valence-electron chi connectivity index (χ2n) is 4.08. The second kappa shape index (κ2) is 5.92. The Morgan fingerprint density at radius 2 is 2.29 bits per heavy atom. The van der Waals surface area contributed by atoms with Crippen molar-refractivity contribution < 1.29 is 9.53 Å². The predicted molar refractivity (Wildman–Crippen MR) is 83.5 cm³/mol. The molecular weight excluding hydrogens is 332 g/mol. The Kier molecular flexibility index (Phi) is 4.00. The molecular formula is C12H9ClN4O2S2. The molecule has 0 bridgehead atoms. The van der Waals surface area contributed by atoms with E-state index in [4.69, 9.17) is 11.6 Å². The van der Waals surface area contributed by atoms with Gasteiger partial charge >= 0.3 is 5.97 Å². The lowest BCUT2D eigenvalue weighted by molar-refractivity contribution is -0.139. The molecule has 0 aliphatic rings. The van der Waals surface area contributed by atoms with Gasteiger partial charge in [0.25, 0.3) is 0 Å². The number of aromatic nitrogens is 3. The molecule has 0 aliphatic heterocycles. The first-order chi connectivity index (χ1) is 10.2. The standard InChI is InChI=1S/C12H9ClN4O2S2/c1-19-9(18)4-6-5-20-12(14-6)15-10-7(13)2-3-8-11(10)17-21-16-8/h2-3,5H,4H2,1H3,(H,14,15). The smallest absolute Gasteiger partial charge is 0.311 e. The van der Waals surface area contributed by atoms with Gasteiger partial charge in [-0.1, -0.05) is 11.6 Å². The maximum absolute atomic E-state index is 11.2. The molecule has 1 N–H and O–H groups in total. The molecule has 0 unspecified atom stereocenters. The monoisotopic (exact) mass is 340 g/mol. The zero-order valence-electron chi connectivity index (χ0n) is 10.8. The maximum Gasteiger partial charge on any atom is 0.311 e. The van der Waals surface area contributed by atoms with Crippen LogP contribution in [0, 0.1) is 0 Å². The van der Waals surface area contributed by atoms with Gasteiger partial charge in [0.15, 0.2) is 5.13 Å². The van der Waals surface area contributed by atoms with Crippen molar-refractivity contribution in [2.75, 3.05) is 12.4 Å². The number of halogens is 1. The van der Waals surface area contributed by atoms with Gasteiger partial charge < -0.3 is 10.1 Å². The zero-order valence-corrected chi connectivity index (χ0v) is 13.2. The molecule has 9 heteroatoms. The first kappa shape index (κ1) is 14.2. The normalized spacial score (nSPS) is 10.8. The number of ether oxygens (including phenoxy) is 1. The fourth-order valence-electron chi connectivity index (χ4n) is 1.72. The molecule has 0 saturated heterocycles. The van der Waals surface area contributed by atoms with Crippen molar-refractivity contribution in [2.45, 2.75) is 6.42 Å². The largest absolute Gasteiger partial charge is 0.469 e. The molecule has 0 atom stereocenters. The van der Waals surface area contributed by atoms with Crippen molar-refractivity contribution in [2.24, 2.45) is 0 Å². The van der Waals surface area contributed by atoms with Crippen molar-refractivity contribution in [1.82, 2.24) is 13.7 Å². The number of hydrogen-bond donors (Lipinski definition) is 1. The number of methoxy groups -OCH3 is 1. The van der Waals surface area contributed by atoms with Crippen LogP contribution in [0.1, 0.15) is 5.69 Å². The van der Waals surface area contributed by atoms with Gasteiger partial charge in [0.05, 0.1) is 41.7 Å². The van der Waals surface area contributed by atoms with Crippen LogP contribution in [0.25, 0.3) is 11.0 Å². The number of benzene rings is 1. The summed E-state index contributed by atoms with van der Waals surface area (Å²) in [6.07, 6.45) is 0.144. The minimum Gasteiger partial charge on any atom is -0.469 e. The van der Waals surface area contributed by atoms with Gasteiger partial charge in [-0.15, -0.1) is 11.3 Å². The van der Waals surface area contributed by atoms with E-state index in [2.05, 4.69) is 23.8 Å². The Morgan fingerprint density at radius 1 is 1.43 bits per heavy atom. The van der Waals surface area contributed by atoms with Crippen molar-refractivity contribution in [3.8, 4) is 0 Å². The SMILES string of the molecule is COC(=O)Cc1csc(Nc2c(Cl)ccc3nsnc23)n1. The number of anilines is 2. The van der Waals surface area contributed by atoms with Crippen LogP contribution in [-0.4, -0.2) is 26.8 Å². The summed E-state index contributed by atoms with van der Waals surface area (Å²) in [5.41, 5.74) is 2.80. The quantitative estimate of drug-likeness (QED) is 0.734. The number of carbonyl (C=O) groups is 1. The summed E-state index contributed by atoms with van der Waals surface area (Å²) in [5.74, 6) is -0.323. The van der Waals surface area contributed by atoms with E-state index in [0.29, 0.717) is 27.1 Å². The van der Waals surface area contributed by atoms with Gasteiger partial charge in [0.2, 0.25) is 0 Å². The van der Waals surface area contributed by atoms with Crippen LogP contribution in [0.15, 0.2) is 17.5 Å². The second-order valence-corrected chi connectivity index (χ2v) is 5.87. The summed E-state index contributed by atoms with van der Waals surface area (Å²) in [6.45, 7) is 0. The van der Waals surface area contributed by atoms with E-state index < -0.39 is 0 Å². The molecule has 3 rings (SSSR count). The lowest BCUT2D eigenvalue weighted by Crippen LogP contribution is -2.04. The number of nitrogens with one attached hydrogen (secondary N) is 1. The Labute approximate surface area is 133 Å². The summed E-state index contributed by atoms with van der Waals surface area (Å²) in [7, 11) is 1.35. The van der Waals surface area contributed by atoms with E-state index >= 15 is 0 Å². The van der Waals surface area contributed by atoms with Gasteiger partial charge in [-0.2, -0.15) is 8.75 Å².